The summed E-state index contributed by atoms with van der Waals surface area (Å²) in [4.78, 5) is 29.7. The maximum Gasteiger partial charge on any atom is 0.323 e. The molecule has 0 aliphatic carbocycles. The van der Waals surface area contributed by atoms with Crippen molar-refractivity contribution in [1.29, 1.82) is 0 Å². The van der Waals surface area contributed by atoms with Gasteiger partial charge in [0.2, 0.25) is 0 Å². The molecule has 4 rings (SSSR count). The smallest absolute Gasteiger partial charge is 0.323 e. The number of nitrogens with zero attached hydrogens (tertiary/aromatic N) is 2. The fraction of sp³-hybridized carbons (Fsp3) is 0.136. The molecule has 1 aliphatic heterocycles. The summed E-state index contributed by atoms with van der Waals surface area (Å²) in [6, 6.07) is 7.19. The summed E-state index contributed by atoms with van der Waals surface area (Å²) in [5, 5.41) is 7.38. The van der Waals surface area contributed by atoms with Gasteiger partial charge in [-0.2, -0.15) is 0 Å². The molecule has 1 aromatic heterocycles. The molecule has 0 bridgehead atoms. The summed E-state index contributed by atoms with van der Waals surface area (Å²) in [6.07, 6.45) is 1.44. The van der Waals surface area contributed by atoms with E-state index < -0.39 is 23.5 Å². The molecule has 4 amide bonds. The van der Waals surface area contributed by atoms with Crippen LogP contribution in [0.3, 0.4) is 0 Å². The third-order valence-electron chi connectivity index (χ3n) is 4.84. The molecule has 2 heterocycles. The Kier molecular flexibility index (Phi) is 6.03. The number of carbonyl (C=O) groups excluding carboxylic acids is 2. The van der Waals surface area contributed by atoms with E-state index in [1.807, 2.05) is 6.92 Å². The number of pyridine rings is 1. The zero-order valence-electron chi connectivity index (χ0n) is 17.3. The van der Waals surface area contributed by atoms with E-state index in [1.54, 1.807) is 11.0 Å². The van der Waals surface area contributed by atoms with Crippen molar-refractivity contribution in [3.63, 3.8) is 0 Å². The van der Waals surface area contributed by atoms with Crippen LogP contribution in [0.1, 0.15) is 12.5 Å². The quantitative estimate of drug-likeness (QED) is 0.484. The Hall–Kier alpha value is -4.28. The van der Waals surface area contributed by atoms with Crippen molar-refractivity contribution in [3.05, 3.63) is 71.7 Å². The topological polar surface area (TPSA) is 95.6 Å². The second-order valence-corrected chi connectivity index (χ2v) is 7.04. The largest absolute Gasteiger partial charge is 0.454 e. The number of benzene rings is 2. The molecule has 1 aliphatic rings. The van der Waals surface area contributed by atoms with Crippen LogP contribution >= 0.6 is 0 Å². The molecule has 0 fully saturated rings. The molecule has 2 aromatic carbocycles. The maximum atomic E-state index is 14.7. The Morgan fingerprint density at radius 2 is 1.73 bits per heavy atom. The van der Waals surface area contributed by atoms with Crippen LogP contribution < -0.4 is 20.7 Å². The second-order valence-electron chi connectivity index (χ2n) is 7.04. The standard InChI is InChI=1S/C22H18F3N5O3/c1-2-30-11-14-18(7-8-26-20(14)29-22(30)32)33-19-6-4-13(10-17(19)25)28-21(31)27-12-3-5-15(23)16(24)9-12/h3-10H,2,11H2,1H3,(H,26,29,32)(H2,27,28,31). The molecular weight excluding hydrogens is 439 g/mol. The Labute approximate surface area is 186 Å². The first-order chi connectivity index (χ1) is 15.8. The maximum absolute atomic E-state index is 14.7. The second kappa shape index (κ2) is 9.07. The number of carbonyl (C=O) groups is 2. The van der Waals surface area contributed by atoms with Crippen molar-refractivity contribution in [3.8, 4) is 11.5 Å². The Morgan fingerprint density at radius 1 is 1.03 bits per heavy atom. The van der Waals surface area contributed by atoms with E-state index >= 15 is 0 Å². The van der Waals surface area contributed by atoms with Crippen LogP contribution in [0.4, 0.5) is 40.0 Å². The van der Waals surface area contributed by atoms with Crippen LogP contribution in [0.2, 0.25) is 0 Å². The number of amides is 4. The molecule has 0 saturated carbocycles. The summed E-state index contributed by atoms with van der Waals surface area (Å²) in [7, 11) is 0. The fourth-order valence-corrected chi connectivity index (χ4v) is 3.18. The molecule has 170 valence electrons. The van der Waals surface area contributed by atoms with E-state index in [1.165, 1.54) is 24.4 Å². The highest BCUT2D eigenvalue weighted by atomic mass is 19.2. The lowest BCUT2D eigenvalue weighted by molar-refractivity contribution is 0.209. The number of nitrogens with one attached hydrogen (secondary N) is 3. The van der Waals surface area contributed by atoms with E-state index in [0.29, 0.717) is 23.7 Å². The van der Waals surface area contributed by atoms with Crippen LogP contribution in [-0.2, 0) is 6.54 Å². The lowest BCUT2D eigenvalue weighted by Crippen LogP contribution is -2.38. The van der Waals surface area contributed by atoms with Gasteiger partial charge in [-0.3, -0.25) is 5.32 Å². The van der Waals surface area contributed by atoms with Crippen molar-refractivity contribution in [2.24, 2.45) is 0 Å². The van der Waals surface area contributed by atoms with Gasteiger partial charge in [-0.1, -0.05) is 0 Å². The highest BCUT2D eigenvalue weighted by Crippen LogP contribution is 2.34. The highest BCUT2D eigenvalue weighted by molar-refractivity contribution is 5.99. The predicted molar refractivity (Wildman–Crippen MR) is 115 cm³/mol. The Balaban J connectivity index is 1.46. The van der Waals surface area contributed by atoms with Gasteiger partial charge in [0.1, 0.15) is 11.6 Å². The molecule has 33 heavy (non-hydrogen) atoms. The third-order valence-corrected chi connectivity index (χ3v) is 4.84. The summed E-state index contributed by atoms with van der Waals surface area (Å²) < 4.78 is 46.6. The first-order valence-corrected chi connectivity index (χ1v) is 9.88. The molecule has 0 saturated heterocycles. The number of anilines is 3. The van der Waals surface area contributed by atoms with Gasteiger partial charge in [0.05, 0.1) is 12.1 Å². The van der Waals surface area contributed by atoms with E-state index in [4.69, 9.17) is 4.74 Å². The first-order valence-electron chi connectivity index (χ1n) is 9.88. The van der Waals surface area contributed by atoms with E-state index in [9.17, 15) is 22.8 Å². The van der Waals surface area contributed by atoms with Crippen molar-refractivity contribution >= 4 is 29.3 Å². The number of hydrogen-bond donors (Lipinski definition) is 3. The van der Waals surface area contributed by atoms with Crippen molar-refractivity contribution in [1.82, 2.24) is 9.88 Å². The molecule has 0 spiro atoms. The summed E-state index contributed by atoms with van der Waals surface area (Å²) >= 11 is 0. The number of hydrogen-bond acceptors (Lipinski definition) is 4. The summed E-state index contributed by atoms with van der Waals surface area (Å²) in [6.45, 7) is 2.56. The van der Waals surface area contributed by atoms with Crippen molar-refractivity contribution in [2.75, 3.05) is 22.5 Å². The van der Waals surface area contributed by atoms with Gasteiger partial charge >= 0.3 is 12.1 Å². The minimum atomic E-state index is -1.11. The Bertz CT molecular complexity index is 1240. The van der Waals surface area contributed by atoms with E-state index in [0.717, 1.165) is 18.2 Å². The van der Waals surface area contributed by atoms with Gasteiger partial charge in [-0.25, -0.2) is 27.7 Å². The number of halogens is 3. The SMILES string of the molecule is CCN1Cc2c(Oc3ccc(NC(=O)Nc4ccc(F)c(F)c4)cc3F)ccnc2NC1=O. The van der Waals surface area contributed by atoms with Crippen LogP contribution in [0.15, 0.2) is 48.7 Å². The molecule has 3 N–H and O–H groups in total. The number of aromatic nitrogens is 1. The number of fused-ring (bicyclic) bond motifs is 1. The van der Waals surface area contributed by atoms with Gasteiger partial charge in [-0.05, 0) is 37.3 Å². The zero-order valence-corrected chi connectivity index (χ0v) is 17.3. The van der Waals surface area contributed by atoms with Crippen LogP contribution in [0.5, 0.6) is 11.5 Å². The Morgan fingerprint density at radius 3 is 2.39 bits per heavy atom. The minimum absolute atomic E-state index is 0.0301. The number of urea groups is 2. The minimum Gasteiger partial charge on any atom is -0.454 e. The molecule has 0 radical (unpaired) electrons. The van der Waals surface area contributed by atoms with Crippen molar-refractivity contribution in [2.45, 2.75) is 13.5 Å². The average molecular weight is 457 g/mol. The van der Waals surface area contributed by atoms with Crippen molar-refractivity contribution < 1.29 is 27.5 Å². The van der Waals surface area contributed by atoms with Crippen LogP contribution in [0.25, 0.3) is 0 Å². The van der Waals surface area contributed by atoms with Gasteiger partial charge in [0, 0.05) is 36.2 Å². The average Bonchev–Trinajstić information content (AvgIpc) is 2.77. The van der Waals surface area contributed by atoms with Gasteiger partial charge in [0.25, 0.3) is 0 Å². The third kappa shape index (κ3) is 4.81. The highest BCUT2D eigenvalue weighted by Gasteiger charge is 2.25. The molecular formula is C22H18F3N5O3. The van der Waals surface area contributed by atoms with Gasteiger partial charge in [-0.15, -0.1) is 0 Å². The van der Waals surface area contributed by atoms with Gasteiger partial charge in [0.15, 0.2) is 23.2 Å². The molecule has 0 atom stereocenters. The first kappa shape index (κ1) is 21.9. The molecule has 8 nitrogen and oxygen atoms in total. The van der Waals surface area contributed by atoms with E-state index in [2.05, 4.69) is 20.9 Å². The summed E-state index contributed by atoms with van der Waals surface area (Å²) in [5.41, 5.74) is 0.745. The van der Waals surface area contributed by atoms with E-state index in [-0.39, 0.29) is 29.7 Å². The number of rotatable bonds is 5. The summed E-state index contributed by atoms with van der Waals surface area (Å²) in [5.74, 6) is -2.34. The molecule has 3 aromatic rings. The fourth-order valence-electron chi connectivity index (χ4n) is 3.18. The van der Waals surface area contributed by atoms with Gasteiger partial charge < -0.3 is 20.3 Å². The van der Waals surface area contributed by atoms with Crippen LogP contribution in [-0.4, -0.2) is 28.5 Å². The monoisotopic (exact) mass is 457 g/mol. The zero-order chi connectivity index (χ0) is 23.5. The lowest BCUT2D eigenvalue weighted by atomic mass is 10.2. The predicted octanol–water partition coefficient (Wildman–Crippen LogP) is 5.30. The molecule has 11 heteroatoms. The lowest BCUT2D eigenvalue weighted by Gasteiger charge is -2.28. The normalized spacial score (nSPS) is 12.6. The molecule has 0 unspecified atom stereocenters. The number of ether oxygens (including phenoxy) is 1. The van der Waals surface area contributed by atoms with Crippen LogP contribution in [0, 0.1) is 17.5 Å².